The van der Waals surface area contributed by atoms with E-state index >= 15 is 0 Å². The lowest BCUT2D eigenvalue weighted by Gasteiger charge is -2.28. The third kappa shape index (κ3) is 3.69. The van der Waals surface area contributed by atoms with Crippen LogP contribution in [-0.4, -0.2) is 33.7 Å². The minimum atomic E-state index is -0.536. The fourth-order valence-corrected chi connectivity index (χ4v) is 4.54. The zero-order chi connectivity index (χ0) is 20.8. The maximum absolute atomic E-state index is 14.4. The monoisotopic (exact) mass is 393 g/mol. The molecule has 2 aliphatic heterocycles. The molecule has 3 atom stereocenters. The van der Waals surface area contributed by atoms with E-state index in [0.717, 1.165) is 24.8 Å². The quantitative estimate of drug-likeness (QED) is 0.673. The van der Waals surface area contributed by atoms with E-state index in [4.69, 9.17) is 10.00 Å². The van der Waals surface area contributed by atoms with Gasteiger partial charge in [-0.1, -0.05) is 12.1 Å². The molecule has 1 aromatic heterocycles. The summed E-state index contributed by atoms with van der Waals surface area (Å²) in [6.07, 6.45) is 4.04. The summed E-state index contributed by atoms with van der Waals surface area (Å²) < 4.78 is 20.0. The smallest absolute Gasteiger partial charge is 0.410 e. The Balaban J connectivity index is 1.61. The molecular weight excluding hydrogens is 369 g/mol. The number of benzene rings is 1. The topological polar surface area (TPSA) is 66.2 Å². The molecule has 0 N–H and O–H groups in total. The molecular formula is C23H24FN3O2. The Bertz CT molecular complexity index is 975. The molecule has 0 spiro atoms. The molecule has 3 heterocycles. The van der Waals surface area contributed by atoms with Crippen molar-refractivity contribution in [1.29, 1.82) is 5.26 Å². The van der Waals surface area contributed by atoms with Gasteiger partial charge in [0.05, 0.1) is 11.6 Å². The lowest BCUT2D eigenvalue weighted by atomic mass is 9.84. The molecule has 1 amide bonds. The van der Waals surface area contributed by atoms with Crippen molar-refractivity contribution < 1.29 is 13.9 Å². The van der Waals surface area contributed by atoms with E-state index in [2.05, 4.69) is 11.1 Å². The van der Waals surface area contributed by atoms with Crippen molar-refractivity contribution in [3.63, 3.8) is 0 Å². The molecule has 3 unspecified atom stereocenters. The molecule has 2 saturated heterocycles. The van der Waals surface area contributed by atoms with Crippen molar-refractivity contribution in [2.45, 2.75) is 63.6 Å². The molecule has 2 aromatic rings. The molecule has 0 radical (unpaired) electrons. The Morgan fingerprint density at radius 1 is 1.28 bits per heavy atom. The Hall–Kier alpha value is -2.94. The van der Waals surface area contributed by atoms with E-state index in [-0.39, 0.29) is 24.1 Å². The third-order valence-electron chi connectivity index (χ3n) is 5.75. The molecule has 1 aromatic carbocycles. The first-order valence-electron chi connectivity index (χ1n) is 9.94. The number of carbonyl (C=O) groups excluding carboxylic acids is 1. The molecule has 0 aliphatic carbocycles. The summed E-state index contributed by atoms with van der Waals surface area (Å²) in [5.74, 6) is -0.419. The van der Waals surface area contributed by atoms with E-state index < -0.39 is 11.5 Å². The number of fused-ring (bicyclic) bond motifs is 2. The highest BCUT2D eigenvalue weighted by molar-refractivity contribution is 5.71. The van der Waals surface area contributed by atoms with Crippen molar-refractivity contribution >= 4 is 6.09 Å². The van der Waals surface area contributed by atoms with Gasteiger partial charge in [-0.05, 0) is 69.4 Å². The molecule has 2 fully saturated rings. The van der Waals surface area contributed by atoms with Crippen molar-refractivity contribution in [3.05, 3.63) is 53.6 Å². The maximum Gasteiger partial charge on any atom is 0.410 e. The summed E-state index contributed by atoms with van der Waals surface area (Å²) >= 11 is 0. The third-order valence-corrected chi connectivity index (χ3v) is 5.75. The van der Waals surface area contributed by atoms with E-state index in [9.17, 15) is 9.18 Å². The minimum Gasteiger partial charge on any atom is -0.444 e. The normalized spacial score (nSPS) is 23.1. The number of hydrogen-bond acceptors (Lipinski definition) is 4. The number of hydrogen-bond donors (Lipinski definition) is 0. The van der Waals surface area contributed by atoms with Crippen LogP contribution in [-0.2, 0) is 4.74 Å². The van der Waals surface area contributed by atoms with Crippen molar-refractivity contribution in [3.8, 4) is 17.2 Å². The summed E-state index contributed by atoms with van der Waals surface area (Å²) in [7, 11) is 0. The van der Waals surface area contributed by atoms with Gasteiger partial charge in [-0.3, -0.25) is 0 Å². The first kappa shape index (κ1) is 19.4. The van der Waals surface area contributed by atoms with Crippen LogP contribution in [0.1, 0.15) is 57.1 Å². The highest BCUT2D eigenvalue weighted by Gasteiger charge is 2.50. The summed E-state index contributed by atoms with van der Waals surface area (Å²) in [6.45, 7) is 5.61. The number of halogens is 1. The molecule has 2 aliphatic rings. The second kappa shape index (κ2) is 7.14. The fourth-order valence-electron chi connectivity index (χ4n) is 4.54. The summed E-state index contributed by atoms with van der Waals surface area (Å²) in [5, 5.41) is 8.96. The van der Waals surface area contributed by atoms with Crippen LogP contribution in [0.2, 0.25) is 0 Å². The van der Waals surface area contributed by atoms with Crippen molar-refractivity contribution in [2.24, 2.45) is 0 Å². The van der Waals surface area contributed by atoms with Gasteiger partial charge < -0.3 is 9.64 Å². The van der Waals surface area contributed by atoms with Crippen LogP contribution in [0.15, 0.2) is 36.5 Å². The van der Waals surface area contributed by atoms with Gasteiger partial charge in [0, 0.05) is 29.8 Å². The maximum atomic E-state index is 14.4. The van der Waals surface area contributed by atoms with E-state index in [1.807, 2.05) is 31.7 Å². The fraction of sp³-hybridized carbons (Fsp3) is 0.435. The summed E-state index contributed by atoms with van der Waals surface area (Å²) in [5.41, 5.74) is 2.03. The number of nitrogens with zero attached hydrogens (tertiary/aromatic N) is 3. The molecule has 5 nitrogen and oxygen atoms in total. The minimum absolute atomic E-state index is 0.0518. The molecule has 150 valence electrons. The number of amides is 1. The lowest BCUT2D eigenvalue weighted by Crippen LogP contribution is -2.40. The van der Waals surface area contributed by atoms with Gasteiger partial charge in [0.1, 0.15) is 5.60 Å². The zero-order valence-electron chi connectivity index (χ0n) is 16.9. The number of carbonyl (C=O) groups is 1. The van der Waals surface area contributed by atoms with Crippen LogP contribution >= 0.6 is 0 Å². The SMILES string of the molecule is CC(C)(C)OC(=O)N1C2CCC1C(c1cnc(F)c(-c3ccc(C#N)cc3)c1)C2. The summed E-state index contributed by atoms with van der Waals surface area (Å²) in [6, 6.07) is 10.9. The van der Waals surface area contributed by atoms with Gasteiger partial charge in [-0.2, -0.15) is 9.65 Å². The van der Waals surface area contributed by atoms with Crippen LogP contribution in [0.5, 0.6) is 0 Å². The largest absolute Gasteiger partial charge is 0.444 e. The van der Waals surface area contributed by atoms with E-state index in [0.29, 0.717) is 16.7 Å². The summed E-state index contributed by atoms with van der Waals surface area (Å²) in [4.78, 5) is 18.6. The highest BCUT2D eigenvalue weighted by Crippen LogP contribution is 2.47. The standard InChI is InChI=1S/C23H24FN3O2/c1-23(2,3)29-22(28)27-17-8-9-20(27)18(11-17)16-10-19(21(24)26-13-16)15-6-4-14(12-25)5-7-15/h4-7,10,13,17-18,20H,8-9,11H2,1-3H3. The Morgan fingerprint density at radius 2 is 2.00 bits per heavy atom. The van der Waals surface area contributed by atoms with Crippen LogP contribution < -0.4 is 0 Å². The molecule has 4 rings (SSSR count). The number of ether oxygens (including phenoxy) is 1. The van der Waals surface area contributed by atoms with Crippen LogP contribution in [0, 0.1) is 17.3 Å². The van der Waals surface area contributed by atoms with Gasteiger partial charge in [-0.15, -0.1) is 0 Å². The molecule has 29 heavy (non-hydrogen) atoms. The average Bonchev–Trinajstić information content (AvgIpc) is 3.25. The van der Waals surface area contributed by atoms with Gasteiger partial charge in [0.2, 0.25) is 5.95 Å². The number of aromatic nitrogens is 1. The van der Waals surface area contributed by atoms with E-state index in [1.165, 1.54) is 0 Å². The number of rotatable bonds is 2. The predicted octanol–water partition coefficient (Wildman–Crippen LogP) is 5.01. The van der Waals surface area contributed by atoms with Crippen LogP contribution in [0.3, 0.4) is 0 Å². The first-order valence-corrected chi connectivity index (χ1v) is 9.94. The van der Waals surface area contributed by atoms with Crippen molar-refractivity contribution in [1.82, 2.24) is 9.88 Å². The molecule has 2 bridgehead atoms. The lowest BCUT2D eigenvalue weighted by molar-refractivity contribution is 0.0213. The Kier molecular flexibility index (Phi) is 4.77. The molecule has 0 saturated carbocycles. The second-order valence-corrected chi connectivity index (χ2v) is 8.82. The predicted molar refractivity (Wildman–Crippen MR) is 107 cm³/mol. The second-order valence-electron chi connectivity index (χ2n) is 8.82. The van der Waals surface area contributed by atoms with Gasteiger partial charge in [-0.25, -0.2) is 9.78 Å². The van der Waals surface area contributed by atoms with Gasteiger partial charge >= 0.3 is 6.09 Å². The van der Waals surface area contributed by atoms with Gasteiger partial charge in [0.15, 0.2) is 0 Å². The van der Waals surface area contributed by atoms with Gasteiger partial charge in [0.25, 0.3) is 0 Å². The van der Waals surface area contributed by atoms with Crippen molar-refractivity contribution in [2.75, 3.05) is 0 Å². The number of pyridine rings is 1. The van der Waals surface area contributed by atoms with Crippen LogP contribution in [0.4, 0.5) is 9.18 Å². The average molecular weight is 393 g/mol. The highest BCUT2D eigenvalue weighted by atomic mass is 19.1. The Labute approximate surface area is 170 Å². The zero-order valence-corrected chi connectivity index (χ0v) is 16.9. The van der Waals surface area contributed by atoms with Crippen LogP contribution in [0.25, 0.3) is 11.1 Å². The Morgan fingerprint density at radius 3 is 2.66 bits per heavy atom. The molecule has 6 heteroatoms. The number of nitriles is 1. The first-order chi connectivity index (χ1) is 13.8. The van der Waals surface area contributed by atoms with E-state index in [1.54, 1.807) is 30.5 Å².